The highest BCUT2D eigenvalue weighted by Gasteiger charge is 2.18. The van der Waals surface area contributed by atoms with Gasteiger partial charge >= 0.3 is 0 Å². The Balaban J connectivity index is 2.49. The van der Waals surface area contributed by atoms with Gasteiger partial charge in [-0.15, -0.1) is 0 Å². The molecule has 0 aliphatic carbocycles. The third-order valence-corrected chi connectivity index (χ3v) is 5.02. The topological polar surface area (TPSA) is 9.23 Å². The molecule has 0 saturated carbocycles. The van der Waals surface area contributed by atoms with Gasteiger partial charge in [0.25, 0.3) is 0 Å². The van der Waals surface area contributed by atoms with Crippen LogP contribution in [0, 0.1) is 11.6 Å². The molecule has 6 heteroatoms. The van der Waals surface area contributed by atoms with E-state index in [0.717, 1.165) is 11.1 Å². The van der Waals surface area contributed by atoms with E-state index in [1.54, 1.807) is 18.2 Å². The molecule has 0 aromatic heterocycles. The number of rotatable bonds is 3. The predicted molar refractivity (Wildman–Crippen MR) is 85.5 cm³/mol. The van der Waals surface area contributed by atoms with Crippen molar-refractivity contribution < 1.29 is 13.5 Å². The van der Waals surface area contributed by atoms with Gasteiger partial charge in [0.15, 0.2) is 0 Å². The van der Waals surface area contributed by atoms with E-state index in [1.807, 2.05) is 0 Å². The second kappa shape index (κ2) is 6.54. The maximum atomic E-state index is 13.5. The van der Waals surface area contributed by atoms with Gasteiger partial charge in [-0.2, -0.15) is 0 Å². The normalized spacial score (nSPS) is 12.3. The number of hydrogen-bond acceptors (Lipinski definition) is 1. The molecular weight excluding hydrogens is 462 g/mol. The Morgan fingerprint density at radius 2 is 1.65 bits per heavy atom. The first kappa shape index (κ1) is 15.9. The van der Waals surface area contributed by atoms with Gasteiger partial charge in [-0.25, -0.2) is 8.78 Å². The summed E-state index contributed by atoms with van der Waals surface area (Å²) in [6.45, 7) is 0. The molecule has 2 aromatic rings. The van der Waals surface area contributed by atoms with Gasteiger partial charge in [0, 0.05) is 11.6 Å². The number of ether oxygens (including phenoxy) is 1. The molecule has 0 saturated heterocycles. The van der Waals surface area contributed by atoms with Gasteiger partial charge in [0.05, 0.1) is 20.9 Å². The van der Waals surface area contributed by atoms with Gasteiger partial charge < -0.3 is 4.74 Å². The molecule has 0 aliphatic rings. The van der Waals surface area contributed by atoms with E-state index in [-0.39, 0.29) is 10.6 Å². The van der Waals surface area contributed by atoms with Crippen molar-refractivity contribution in [3.05, 3.63) is 62.0 Å². The fourth-order valence-electron chi connectivity index (χ4n) is 1.77. The van der Waals surface area contributed by atoms with Crippen molar-refractivity contribution in [3.8, 4) is 5.75 Å². The van der Waals surface area contributed by atoms with Gasteiger partial charge in [0.2, 0.25) is 0 Å². The van der Waals surface area contributed by atoms with Crippen LogP contribution in [0.3, 0.4) is 0 Å². The molecule has 20 heavy (non-hydrogen) atoms. The van der Waals surface area contributed by atoms with Crippen LogP contribution < -0.4 is 4.74 Å². The quantitative estimate of drug-likeness (QED) is 0.501. The standard InChI is InChI=1S/C14H9Br3F2O/c1-20-13-6-12(19)10(16)5-8(13)14(17)7-2-3-11(18)9(15)4-7/h2-6,14H,1H3. The van der Waals surface area contributed by atoms with Gasteiger partial charge in [-0.3, -0.25) is 0 Å². The van der Waals surface area contributed by atoms with Crippen LogP contribution in [0.4, 0.5) is 8.78 Å². The van der Waals surface area contributed by atoms with Crippen LogP contribution in [0.1, 0.15) is 16.0 Å². The molecule has 0 N–H and O–H groups in total. The third-order valence-electron chi connectivity index (χ3n) is 2.78. The fraction of sp³-hybridized carbons (Fsp3) is 0.143. The highest BCUT2D eigenvalue weighted by molar-refractivity contribution is 9.11. The van der Waals surface area contributed by atoms with Crippen LogP contribution in [-0.4, -0.2) is 7.11 Å². The highest BCUT2D eigenvalue weighted by Crippen LogP contribution is 2.39. The smallest absolute Gasteiger partial charge is 0.141 e. The predicted octanol–water partition coefficient (Wildman–Crippen LogP) is 5.98. The number of halogens is 5. The zero-order chi connectivity index (χ0) is 14.9. The number of hydrogen-bond donors (Lipinski definition) is 0. The van der Waals surface area contributed by atoms with Crippen LogP contribution in [0.25, 0.3) is 0 Å². The molecule has 1 unspecified atom stereocenters. The molecule has 106 valence electrons. The van der Waals surface area contributed by atoms with Gasteiger partial charge in [0.1, 0.15) is 17.4 Å². The van der Waals surface area contributed by atoms with Crippen LogP contribution in [0.5, 0.6) is 5.75 Å². The Bertz CT molecular complexity index is 647. The van der Waals surface area contributed by atoms with Crippen LogP contribution in [0.2, 0.25) is 0 Å². The maximum absolute atomic E-state index is 13.5. The zero-order valence-corrected chi connectivity index (χ0v) is 15.0. The summed E-state index contributed by atoms with van der Waals surface area (Å²) in [5.41, 5.74) is 1.58. The zero-order valence-electron chi connectivity index (χ0n) is 10.3. The summed E-state index contributed by atoms with van der Waals surface area (Å²) in [7, 11) is 1.48. The van der Waals surface area contributed by atoms with Crippen molar-refractivity contribution >= 4 is 47.8 Å². The number of alkyl halides is 1. The lowest BCUT2D eigenvalue weighted by Gasteiger charge is -2.16. The summed E-state index contributed by atoms with van der Waals surface area (Å²) < 4.78 is 32.7. The maximum Gasteiger partial charge on any atom is 0.141 e. The highest BCUT2D eigenvalue weighted by atomic mass is 79.9. The van der Waals surface area contributed by atoms with E-state index in [0.29, 0.717) is 14.7 Å². The average Bonchev–Trinajstić information content (AvgIpc) is 2.43. The minimum absolute atomic E-state index is 0.244. The first-order valence-corrected chi connectivity index (χ1v) is 8.06. The Kier molecular flexibility index (Phi) is 5.20. The van der Waals surface area contributed by atoms with E-state index < -0.39 is 5.82 Å². The lowest BCUT2D eigenvalue weighted by atomic mass is 10.0. The number of methoxy groups -OCH3 is 1. The first-order valence-electron chi connectivity index (χ1n) is 5.56. The summed E-state index contributed by atoms with van der Waals surface area (Å²) >= 11 is 9.84. The van der Waals surface area contributed by atoms with E-state index >= 15 is 0 Å². The molecule has 2 rings (SSSR count). The van der Waals surface area contributed by atoms with E-state index in [1.165, 1.54) is 19.2 Å². The van der Waals surface area contributed by atoms with Crippen LogP contribution >= 0.6 is 47.8 Å². The minimum Gasteiger partial charge on any atom is -0.496 e. The van der Waals surface area contributed by atoms with Crippen LogP contribution in [0.15, 0.2) is 39.3 Å². The summed E-state index contributed by atoms with van der Waals surface area (Å²) in [5.74, 6) is -0.306. The SMILES string of the molecule is COc1cc(F)c(Br)cc1C(Br)c1ccc(F)c(Br)c1. The van der Waals surface area contributed by atoms with Crippen molar-refractivity contribution in [2.75, 3.05) is 7.11 Å². The summed E-state index contributed by atoms with van der Waals surface area (Å²) in [5, 5.41) is 0. The second-order valence-corrected chi connectivity index (χ2v) is 6.67. The van der Waals surface area contributed by atoms with Crippen LogP contribution in [-0.2, 0) is 0 Å². The average molecular weight is 471 g/mol. The number of benzene rings is 2. The van der Waals surface area contributed by atoms with E-state index in [9.17, 15) is 8.78 Å². The summed E-state index contributed by atoms with van der Waals surface area (Å²) in [4.78, 5) is -0.244. The molecule has 0 fully saturated rings. The minimum atomic E-state index is -0.398. The van der Waals surface area contributed by atoms with Crippen molar-refractivity contribution in [1.82, 2.24) is 0 Å². The summed E-state index contributed by atoms with van der Waals surface area (Å²) in [6, 6.07) is 7.66. The largest absolute Gasteiger partial charge is 0.496 e. The molecule has 1 nitrogen and oxygen atoms in total. The fourth-order valence-corrected chi connectivity index (χ4v) is 3.17. The summed E-state index contributed by atoms with van der Waals surface area (Å²) in [6.07, 6.45) is 0. The molecule has 0 heterocycles. The first-order chi connectivity index (χ1) is 9.43. The molecule has 0 aliphatic heterocycles. The van der Waals surface area contributed by atoms with E-state index in [2.05, 4.69) is 47.8 Å². The Labute approximate surface area is 140 Å². The van der Waals surface area contributed by atoms with Crippen molar-refractivity contribution in [2.45, 2.75) is 4.83 Å². The molecule has 0 radical (unpaired) electrons. The molecule has 0 spiro atoms. The molecule has 0 bridgehead atoms. The Morgan fingerprint density at radius 3 is 2.25 bits per heavy atom. The van der Waals surface area contributed by atoms with Gasteiger partial charge in [-0.1, -0.05) is 22.0 Å². The molecule has 1 atom stereocenters. The molecule has 0 amide bonds. The molecular formula is C14H9Br3F2O. The third kappa shape index (κ3) is 3.23. The Hall–Kier alpha value is -0.460. The van der Waals surface area contributed by atoms with Gasteiger partial charge in [-0.05, 0) is 55.6 Å². The Morgan fingerprint density at radius 1 is 1.00 bits per heavy atom. The molecule has 2 aromatic carbocycles. The van der Waals surface area contributed by atoms with Crippen molar-refractivity contribution in [3.63, 3.8) is 0 Å². The monoisotopic (exact) mass is 468 g/mol. The lowest BCUT2D eigenvalue weighted by Crippen LogP contribution is -1.99. The second-order valence-electron chi connectivity index (χ2n) is 4.04. The lowest BCUT2D eigenvalue weighted by molar-refractivity contribution is 0.406. The van der Waals surface area contributed by atoms with Crippen molar-refractivity contribution in [1.29, 1.82) is 0 Å². The van der Waals surface area contributed by atoms with E-state index in [4.69, 9.17) is 4.74 Å². The van der Waals surface area contributed by atoms with Crippen molar-refractivity contribution in [2.24, 2.45) is 0 Å².